The fraction of sp³-hybridized carbons (Fsp3) is 0.432. The quantitative estimate of drug-likeness (QED) is 0.114. The average Bonchev–Trinajstić information content (AvgIpc) is 3.19. The van der Waals surface area contributed by atoms with Crippen LogP contribution in [0.5, 0.6) is 5.75 Å². The van der Waals surface area contributed by atoms with Crippen molar-refractivity contribution in [2.75, 3.05) is 29.6 Å². The van der Waals surface area contributed by atoms with Crippen molar-refractivity contribution in [3.63, 3.8) is 0 Å². The van der Waals surface area contributed by atoms with E-state index in [-0.39, 0.29) is 23.5 Å². The number of anilines is 3. The topological polar surface area (TPSA) is 154 Å². The number of aliphatic carboxylic acids is 1. The van der Waals surface area contributed by atoms with Crippen molar-refractivity contribution in [1.82, 2.24) is 10.0 Å². The lowest BCUT2D eigenvalue weighted by Crippen LogP contribution is -2.53. The molecule has 11 nitrogen and oxygen atoms in total. The molecule has 270 valence electrons. The molecule has 1 heterocycles. The van der Waals surface area contributed by atoms with E-state index in [1.54, 1.807) is 31.2 Å². The lowest BCUT2D eigenvalue weighted by molar-refractivity contribution is -0.141. The Labute approximate surface area is 299 Å². The Kier molecular flexibility index (Phi) is 13.7. The minimum atomic E-state index is -4.01. The summed E-state index contributed by atoms with van der Waals surface area (Å²) in [5.41, 5.74) is 1.62. The van der Waals surface area contributed by atoms with Gasteiger partial charge < -0.3 is 25.4 Å². The molecule has 0 aromatic heterocycles. The van der Waals surface area contributed by atoms with Crippen LogP contribution < -0.4 is 25.0 Å². The van der Waals surface area contributed by atoms with E-state index in [0.29, 0.717) is 41.2 Å². The lowest BCUT2D eigenvalue weighted by Gasteiger charge is -2.37. The van der Waals surface area contributed by atoms with E-state index in [0.717, 1.165) is 31.4 Å². The van der Waals surface area contributed by atoms with Gasteiger partial charge in [0.15, 0.2) is 6.61 Å². The normalized spacial score (nSPS) is 15.3. The van der Waals surface area contributed by atoms with Crippen molar-refractivity contribution < 1.29 is 32.6 Å². The molecule has 2 amide bonds. The van der Waals surface area contributed by atoms with Crippen molar-refractivity contribution >= 4 is 56.6 Å². The van der Waals surface area contributed by atoms with Crippen LogP contribution in [-0.4, -0.2) is 62.3 Å². The van der Waals surface area contributed by atoms with Gasteiger partial charge in [0.25, 0.3) is 5.91 Å². The van der Waals surface area contributed by atoms with Crippen molar-refractivity contribution in [1.29, 1.82) is 0 Å². The molecule has 13 heteroatoms. The molecule has 0 radical (unpaired) electrons. The minimum Gasteiger partial charge on any atom is -0.483 e. The predicted molar refractivity (Wildman–Crippen MR) is 198 cm³/mol. The number of thioether (sulfide) groups is 1. The zero-order valence-electron chi connectivity index (χ0n) is 29.2. The third-order valence-electron chi connectivity index (χ3n) is 8.77. The van der Waals surface area contributed by atoms with E-state index in [4.69, 9.17) is 4.74 Å². The Bertz CT molecular complexity index is 1740. The van der Waals surface area contributed by atoms with Gasteiger partial charge in [-0.3, -0.25) is 9.59 Å². The largest absolute Gasteiger partial charge is 0.483 e. The van der Waals surface area contributed by atoms with Gasteiger partial charge in [-0.25, -0.2) is 17.9 Å². The van der Waals surface area contributed by atoms with Gasteiger partial charge in [-0.2, -0.15) is 0 Å². The number of amides is 2. The van der Waals surface area contributed by atoms with Crippen LogP contribution >= 0.6 is 11.8 Å². The van der Waals surface area contributed by atoms with Crippen LogP contribution in [0.15, 0.2) is 76.5 Å². The maximum atomic E-state index is 14.2. The number of nitrogens with zero attached hydrogens (tertiary/aromatic N) is 1. The molecular formula is C37H48N4O7S2. The summed E-state index contributed by atoms with van der Waals surface area (Å²) < 4.78 is 37.6. The number of ether oxygens (including phenoxy) is 1. The van der Waals surface area contributed by atoms with Gasteiger partial charge in [-0.05, 0) is 55.3 Å². The highest BCUT2D eigenvalue weighted by molar-refractivity contribution is 7.98. The first kappa shape index (κ1) is 38.7. The number of fused-ring (bicyclic) bond motifs is 1. The Hall–Kier alpha value is -4.07. The molecule has 3 aromatic rings. The molecule has 1 atom stereocenters. The molecule has 0 aliphatic carbocycles. The summed E-state index contributed by atoms with van der Waals surface area (Å²) in [6, 6.07) is 18.8. The first-order valence-electron chi connectivity index (χ1n) is 17.1. The van der Waals surface area contributed by atoms with E-state index < -0.39 is 46.0 Å². The second kappa shape index (κ2) is 17.7. The first-order valence-corrected chi connectivity index (χ1v) is 19.8. The molecule has 0 unspecified atom stereocenters. The molecule has 50 heavy (non-hydrogen) atoms. The van der Waals surface area contributed by atoms with Crippen LogP contribution in [0.4, 0.5) is 17.1 Å². The van der Waals surface area contributed by atoms with Crippen molar-refractivity contribution in [2.24, 2.45) is 0 Å². The standard InChI is InChI=1S/C37H48N4O7S2/c1-5-8-19-37(20-9-6-2)25-41(27-16-11-10-12-17-27)30-22-32(49-4)31(23-33(30)50(46,47)40-37)48-24-35(43)39-29-18-14-13-15-26(29)21-34(42)38-28(7-3)36(44)45/h10-18,22-23,28,40H,5-9,19-21,24-25H2,1-4H3,(H,38,42)(H,39,43)(H,44,45)/t28-/m1/s1. The number of benzene rings is 3. The van der Waals surface area contributed by atoms with Gasteiger partial charge in [-0.15, -0.1) is 11.8 Å². The average molecular weight is 725 g/mol. The Morgan fingerprint density at radius 3 is 2.26 bits per heavy atom. The van der Waals surface area contributed by atoms with E-state index in [2.05, 4.69) is 34.1 Å². The maximum Gasteiger partial charge on any atom is 0.326 e. The minimum absolute atomic E-state index is 0.0764. The Morgan fingerprint density at radius 2 is 1.64 bits per heavy atom. The number of carbonyl (C=O) groups excluding carboxylic acids is 2. The second-order valence-corrected chi connectivity index (χ2v) is 15.0. The van der Waals surface area contributed by atoms with Gasteiger partial charge in [0, 0.05) is 24.0 Å². The summed E-state index contributed by atoms with van der Waals surface area (Å²) in [5.74, 6) is -1.86. The van der Waals surface area contributed by atoms with E-state index in [1.165, 1.54) is 17.8 Å². The number of carboxylic acids is 1. The summed E-state index contributed by atoms with van der Waals surface area (Å²) in [4.78, 5) is 39.9. The number of sulfonamides is 1. The molecule has 0 spiro atoms. The second-order valence-electron chi connectivity index (χ2n) is 12.5. The van der Waals surface area contributed by atoms with Crippen molar-refractivity contribution in [2.45, 2.75) is 93.5 Å². The fourth-order valence-corrected chi connectivity index (χ4v) is 8.33. The summed E-state index contributed by atoms with van der Waals surface area (Å²) in [5, 5.41) is 14.6. The molecule has 4 N–H and O–H groups in total. The van der Waals surface area contributed by atoms with Crippen LogP contribution in [-0.2, 0) is 30.8 Å². The maximum absolute atomic E-state index is 14.2. The van der Waals surface area contributed by atoms with Crippen LogP contribution in [0.3, 0.4) is 0 Å². The van der Waals surface area contributed by atoms with Crippen molar-refractivity contribution in [3.8, 4) is 5.75 Å². The number of hydrogen-bond acceptors (Lipinski definition) is 8. The van der Waals surface area contributed by atoms with E-state index in [1.807, 2.05) is 42.7 Å². The van der Waals surface area contributed by atoms with Crippen LogP contribution in [0.2, 0.25) is 0 Å². The van der Waals surface area contributed by atoms with Gasteiger partial charge in [0.2, 0.25) is 15.9 Å². The number of carboxylic acid groups (broad SMARTS) is 1. The third-order valence-corrected chi connectivity index (χ3v) is 11.1. The smallest absolute Gasteiger partial charge is 0.326 e. The van der Waals surface area contributed by atoms with Crippen LogP contribution in [0.25, 0.3) is 0 Å². The monoisotopic (exact) mass is 724 g/mol. The Morgan fingerprint density at radius 1 is 0.980 bits per heavy atom. The molecule has 0 bridgehead atoms. The van der Waals surface area contributed by atoms with E-state index >= 15 is 0 Å². The summed E-state index contributed by atoms with van der Waals surface area (Å²) in [7, 11) is -4.01. The molecule has 0 fully saturated rings. The van der Waals surface area contributed by atoms with Crippen LogP contribution in [0.1, 0.15) is 71.3 Å². The summed E-state index contributed by atoms with van der Waals surface area (Å²) in [6.07, 6.45) is 6.98. The number of rotatable bonds is 17. The van der Waals surface area contributed by atoms with Gasteiger partial charge in [0.1, 0.15) is 16.7 Å². The SMILES string of the molecule is CCCCC1(CCCC)CN(c2ccccc2)c2cc(SC)c(OCC(=O)Nc3ccccc3CC(=O)N[C@H](CC)C(=O)O)cc2S(=O)(=O)N1. The molecule has 0 saturated heterocycles. The van der Waals surface area contributed by atoms with Gasteiger partial charge >= 0.3 is 5.97 Å². The molecular weight excluding hydrogens is 677 g/mol. The number of carbonyl (C=O) groups is 3. The number of unbranched alkanes of at least 4 members (excludes halogenated alkanes) is 2. The van der Waals surface area contributed by atoms with Gasteiger partial charge in [0.05, 0.1) is 22.5 Å². The van der Waals surface area contributed by atoms with Crippen LogP contribution in [0, 0.1) is 0 Å². The lowest BCUT2D eigenvalue weighted by atomic mass is 9.87. The predicted octanol–water partition coefficient (Wildman–Crippen LogP) is 6.50. The van der Waals surface area contributed by atoms with E-state index in [9.17, 15) is 27.9 Å². The van der Waals surface area contributed by atoms with Gasteiger partial charge in [-0.1, -0.05) is 82.9 Å². The molecule has 4 rings (SSSR count). The fourth-order valence-electron chi connectivity index (χ4n) is 6.13. The molecule has 0 saturated carbocycles. The number of hydrogen-bond donors (Lipinski definition) is 4. The summed E-state index contributed by atoms with van der Waals surface area (Å²) in [6.45, 7) is 5.92. The zero-order chi connectivity index (χ0) is 36.3. The highest BCUT2D eigenvalue weighted by Gasteiger charge is 2.42. The highest BCUT2D eigenvalue weighted by Crippen LogP contribution is 2.44. The summed E-state index contributed by atoms with van der Waals surface area (Å²) >= 11 is 1.39. The Balaban J connectivity index is 1.62. The molecule has 3 aromatic carbocycles. The first-order chi connectivity index (χ1) is 24.0. The molecule has 1 aliphatic heterocycles. The number of para-hydroxylation sites is 2. The number of nitrogens with one attached hydrogen (secondary N) is 3. The highest BCUT2D eigenvalue weighted by atomic mass is 32.2. The third kappa shape index (κ3) is 9.79. The zero-order valence-corrected chi connectivity index (χ0v) is 30.8. The molecule has 1 aliphatic rings. The van der Waals surface area contributed by atoms with Crippen molar-refractivity contribution in [3.05, 3.63) is 72.3 Å².